The fraction of sp³-hybridized carbons (Fsp3) is 0.577. The summed E-state index contributed by atoms with van der Waals surface area (Å²) in [6, 6.07) is 2.53. The summed E-state index contributed by atoms with van der Waals surface area (Å²) in [7, 11) is 1.89. The second-order valence-electron chi connectivity index (χ2n) is 10.4. The number of carbonyl (C=O) groups is 1. The third-order valence-corrected chi connectivity index (χ3v) is 8.23. The van der Waals surface area contributed by atoms with Gasteiger partial charge in [-0.3, -0.25) is 4.79 Å². The van der Waals surface area contributed by atoms with Crippen molar-refractivity contribution in [2.75, 3.05) is 20.1 Å². The highest BCUT2D eigenvalue weighted by atomic mass is 35.5. The maximum Gasteiger partial charge on any atom is 0.257 e. The van der Waals surface area contributed by atoms with Crippen molar-refractivity contribution in [3.8, 4) is 0 Å². The molecule has 2 aliphatic heterocycles. The van der Waals surface area contributed by atoms with Crippen molar-refractivity contribution >= 4 is 17.5 Å². The van der Waals surface area contributed by atoms with E-state index in [-0.39, 0.29) is 54.4 Å². The predicted octanol–water partition coefficient (Wildman–Crippen LogP) is 3.50. The van der Waals surface area contributed by atoms with E-state index >= 15 is 8.78 Å². The fourth-order valence-corrected chi connectivity index (χ4v) is 5.67. The summed E-state index contributed by atoms with van der Waals surface area (Å²) in [5, 5.41) is 21.7. The molecule has 1 aromatic heterocycles. The van der Waals surface area contributed by atoms with Crippen molar-refractivity contribution < 1.29 is 28.5 Å². The van der Waals surface area contributed by atoms with Crippen molar-refractivity contribution in [3.63, 3.8) is 0 Å². The number of amides is 1. The van der Waals surface area contributed by atoms with Crippen LogP contribution < -0.4 is 0 Å². The minimum Gasteiger partial charge on any atom is -0.393 e. The molecule has 11 heteroatoms. The van der Waals surface area contributed by atoms with Crippen LogP contribution in [0.3, 0.4) is 0 Å². The van der Waals surface area contributed by atoms with Gasteiger partial charge in [0, 0.05) is 31.0 Å². The lowest BCUT2D eigenvalue weighted by Gasteiger charge is -2.45. The molecule has 8 nitrogen and oxygen atoms in total. The summed E-state index contributed by atoms with van der Waals surface area (Å²) < 4.78 is 38.1. The highest BCUT2D eigenvalue weighted by Gasteiger charge is 2.53. The average molecular weight is 537 g/mol. The summed E-state index contributed by atoms with van der Waals surface area (Å²) in [5.74, 6) is -1.00. The highest BCUT2D eigenvalue weighted by molar-refractivity contribution is 6.30. The van der Waals surface area contributed by atoms with E-state index in [1.807, 2.05) is 11.9 Å². The van der Waals surface area contributed by atoms with Crippen LogP contribution in [0.25, 0.3) is 0 Å². The van der Waals surface area contributed by atoms with E-state index in [4.69, 9.17) is 16.3 Å². The molecule has 200 valence electrons. The number of carbonyl (C=O) groups excluding carboxylic acids is 1. The van der Waals surface area contributed by atoms with Gasteiger partial charge in [-0.2, -0.15) is 0 Å². The van der Waals surface area contributed by atoms with Crippen molar-refractivity contribution in [2.45, 2.75) is 75.3 Å². The molecular weight excluding hydrogens is 506 g/mol. The fourth-order valence-electron chi connectivity index (χ4n) is 5.57. The first-order chi connectivity index (χ1) is 17.5. The van der Waals surface area contributed by atoms with Crippen molar-refractivity contribution in [1.29, 1.82) is 0 Å². The smallest absolute Gasteiger partial charge is 0.257 e. The van der Waals surface area contributed by atoms with Crippen LogP contribution in [0.5, 0.6) is 0 Å². The third kappa shape index (κ3) is 4.63. The first-order valence-electron chi connectivity index (χ1n) is 12.6. The Bertz CT molecular complexity index is 1170. The van der Waals surface area contributed by atoms with Crippen LogP contribution in [-0.4, -0.2) is 73.9 Å². The second-order valence-corrected chi connectivity index (χ2v) is 10.8. The summed E-state index contributed by atoms with van der Waals surface area (Å²) in [5.41, 5.74) is -3.86. The van der Waals surface area contributed by atoms with E-state index in [1.165, 1.54) is 23.4 Å². The topological polar surface area (TPSA) is 99.0 Å². The Kier molecular flexibility index (Phi) is 6.99. The molecule has 3 aliphatic rings. The zero-order valence-electron chi connectivity index (χ0n) is 20.8. The number of aliphatic hydroxyl groups excluding tert-OH is 1. The summed E-state index contributed by atoms with van der Waals surface area (Å²) in [6.45, 7) is 2.51. The molecule has 2 atom stereocenters. The monoisotopic (exact) mass is 536 g/mol. The molecule has 2 fully saturated rings. The maximum atomic E-state index is 16.2. The van der Waals surface area contributed by atoms with Crippen LogP contribution in [0.4, 0.5) is 8.78 Å². The average Bonchev–Trinajstić information content (AvgIpc) is 3.12. The molecule has 37 heavy (non-hydrogen) atoms. The standard InChI is InChI=1S/C26H31ClF2N4O4/c1-3-26(36,25(29)4-6-32(2)7-5-25)15-8-19-22(20(28)9-15)24(37-18-10-17(34)11-18)33(23(19)35)14-21-30-12-16(27)13-31-21/h8-9,12-13,17-18,24,34,36H,3-7,10-11,14H2,1-2H3/t17-,18+,24-,26?/m1/s1. The lowest BCUT2D eigenvalue weighted by molar-refractivity contribution is -0.144. The van der Waals surface area contributed by atoms with Crippen molar-refractivity contribution in [2.24, 2.45) is 0 Å². The largest absolute Gasteiger partial charge is 0.393 e. The molecule has 5 rings (SSSR count). The molecule has 1 saturated carbocycles. The molecule has 2 aromatic rings. The number of alkyl halides is 1. The van der Waals surface area contributed by atoms with E-state index in [9.17, 15) is 15.0 Å². The highest BCUT2D eigenvalue weighted by Crippen LogP contribution is 2.48. The summed E-state index contributed by atoms with van der Waals surface area (Å²) in [6.07, 6.45) is 1.82. The Morgan fingerprint density at radius 1 is 1.24 bits per heavy atom. The van der Waals surface area contributed by atoms with Gasteiger partial charge in [-0.1, -0.05) is 18.5 Å². The van der Waals surface area contributed by atoms with E-state index in [2.05, 4.69) is 9.97 Å². The number of aliphatic hydroxyl groups is 2. The molecule has 1 aliphatic carbocycles. The van der Waals surface area contributed by atoms with E-state index in [1.54, 1.807) is 6.92 Å². The Morgan fingerprint density at radius 3 is 2.49 bits per heavy atom. The number of rotatable bonds is 7. The van der Waals surface area contributed by atoms with Gasteiger partial charge < -0.3 is 24.7 Å². The number of hydrogen-bond acceptors (Lipinski definition) is 7. The quantitative estimate of drug-likeness (QED) is 0.559. The molecular formula is C26H31ClF2N4O4. The molecule has 0 bridgehead atoms. The van der Waals surface area contributed by atoms with Gasteiger partial charge in [-0.05, 0) is 56.8 Å². The Hall–Kier alpha value is -2.24. The number of piperidine rings is 1. The molecule has 1 aromatic carbocycles. The third-order valence-electron chi connectivity index (χ3n) is 8.04. The van der Waals surface area contributed by atoms with Crippen LogP contribution in [0.2, 0.25) is 5.02 Å². The minimum atomic E-state index is -1.97. The molecule has 1 unspecified atom stereocenters. The van der Waals surface area contributed by atoms with Crippen LogP contribution >= 0.6 is 11.6 Å². The number of likely N-dealkylation sites (tertiary alicyclic amines) is 1. The van der Waals surface area contributed by atoms with E-state index in [0.29, 0.717) is 31.0 Å². The Morgan fingerprint density at radius 2 is 1.89 bits per heavy atom. The van der Waals surface area contributed by atoms with Crippen molar-refractivity contribution in [1.82, 2.24) is 19.8 Å². The van der Waals surface area contributed by atoms with E-state index in [0.717, 1.165) is 6.07 Å². The normalized spacial score (nSPS) is 27.1. The van der Waals surface area contributed by atoms with Gasteiger partial charge in [0.05, 0.1) is 29.3 Å². The van der Waals surface area contributed by atoms with Gasteiger partial charge in [0.1, 0.15) is 22.9 Å². The van der Waals surface area contributed by atoms with Crippen LogP contribution in [-0.2, 0) is 16.9 Å². The molecule has 3 heterocycles. The number of halogens is 3. The van der Waals surface area contributed by atoms with Gasteiger partial charge in [-0.25, -0.2) is 18.7 Å². The maximum absolute atomic E-state index is 16.2. The minimum absolute atomic E-state index is 0.0113. The number of nitrogens with zero attached hydrogens (tertiary/aromatic N) is 4. The lowest BCUT2D eigenvalue weighted by Crippen LogP contribution is -2.54. The summed E-state index contributed by atoms with van der Waals surface area (Å²) in [4.78, 5) is 25.2. The van der Waals surface area contributed by atoms with Crippen LogP contribution in [0, 0.1) is 5.82 Å². The van der Waals surface area contributed by atoms with Gasteiger partial charge in [-0.15, -0.1) is 0 Å². The first-order valence-corrected chi connectivity index (χ1v) is 13.0. The summed E-state index contributed by atoms with van der Waals surface area (Å²) >= 11 is 5.88. The zero-order valence-corrected chi connectivity index (χ0v) is 21.6. The molecule has 0 spiro atoms. The van der Waals surface area contributed by atoms with Gasteiger partial charge >= 0.3 is 0 Å². The van der Waals surface area contributed by atoms with Gasteiger partial charge in [0.2, 0.25) is 0 Å². The molecule has 1 amide bonds. The number of aromatic nitrogens is 2. The van der Waals surface area contributed by atoms with E-state index < -0.39 is 35.3 Å². The molecule has 1 saturated heterocycles. The van der Waals surface area contributed by atoms with Gasteiger partial charge in [0.25, 0.3) is 5.91 Å². The number of ether oxygens (including phenoxy) is 1. The molecule has 0 radical (unpaired) electrons. The Labute approximate surface area is 219 Å². The number of benzene rings is 1. The molecule has 2 N–H and O–H groups in total. The van der Waals surface area contributed by atoms with Gasteiger partial charge in [0.15, 0.2) is 6.23 Å². The Balaban J connectivity index is 1.53. The predicted molar refractivity (Wildman–Crippen MR) is 131 cm³/mol. The zero-order chi connectivity index (χ0) is 26.5. The van der Waals surface area contributed by atoms with Crippen LogP contribution in [0.15, 0.2) is 24.5 Å². The lowest BCUT2D eigenvalue weighted by atomic mass is 9.71. The number of hydrogen-bond donors (Lipinski definition) is 2. The number of fused-ring (bicyclic) bond motifs is 1. The second kappa shape index (κ2) is 9.81. The first kappa shape index (κ1) is 26.4. The van der Waals surface area contributed by atoms with Crippen molar-refractivity contribution in [3.05, 3.63) is 57.9 Å². The SMILES string of the molecule is CCC(O)(c1cc(F)c2c(c1)C(=O)N(Cc1ncc(Cl)cn1)[C@@H]2O[C@H]1C[C@@H](O)C1)C1(F)CCN(C)CC1. The van der Waals surface area contributed by atoms with Crippen LogP contribution in [0.1, 0.15) is 72.6 Å².